The zero-order valence-corrected chi connectivity index (χ0v) is 27.1. The molecule has 238 valence electrons. The molecular weight excluding hydrogens is 608 g/mol. The number of methoxy groups -OCH3 is 6. The van der Waals surface area contributed by atoms with Gasteiger partial charge in [0.05, 0.1) is 48.3 Å². The topological polar surface area (TPSA) is 115 Å². The maximum absolute atomic E-state index is 12.9. The summed E-state index contributed by atoms with van der Waals surface area (Å²) in [6.07, 6.45) is 0. The molecule has 0 atom stereocenters. The maximum atomic E-state index is 12.9. The Labute approximate surface area is 271 Å². The standard InChI is InChI=1S/C34H34N4O7S/c1-40-26-14-11-23(17-29(26)43-4)32-36-37-34(38(32)25-13-16-28(42-3)31(19-25)45-6)46-20-21-7-9-22(10-8-21)33(39)35-24-12-15-27(41-2)30(18-24)44-5/h7-19H,20H2,1-6H3,(H,35,39). The van der Waals surface area contributed by atoms with E-state index in [0.717, 1.165) is 16.8 Å². The van der Waals surface area contributed by atoms with Crippen molar-refractivity contribution >= 4 is 23.4 Å². The molecule has 1 amide bonds. The Morgan fingerprint density at radius 2 is 1.22 bits per heavy atom. The maximum Gasteiger partial charge on any atom is 0.255 e. The molecule has 1 heterocycles. The van der Waals surface area contributed by atoms with E-state index in [2.05, 4.69) is 15.5 Å². The number of amides is 1. The predicted octanol–water partition coefficient (Wildman–Crippen LogP) is 6.53. The number of nitrogens with zero attached hydrogens (tertiary/aromatic N) is 3. The monoisotopic (exact) mass is 642 g/mol. The molecule has 0 fully saturated rings. The third-order valence-electron chi connectivity index (χ3n) is 7.13. The molecule has 1 N–H and O–H groups in total. The quantitative estimate of drug-likeness (QED) is 0.142. The first kappa shape index (κ1) is 32.0. The zero-order chi connectivity index (χ0) is 32.6. The second kappa shape index (κ2) is 14.6. The molecule has 5 aromatic rings. The number of aromatic nitrogens is 3. The van der Waals surface area contributed by atoms with Gasteiger partial charge in [0.15, 0.2) is 45.5 Å². The molecule has 4 aromatic carbocycles. The molecule has 5 rings (SSSR count). The highest BCUT2D eigenvalue weighted by Crippen LogP contribution is 2.37. The average molecular weight is 643 g/mol. The lowest BCUT2D eigenvalue weighted by atomic mass is 10.1. The third-order valence-corrected chi connectivity index (χ3v) is 8.13. The van der Waals surface area contributed by atoms with Crippen LogP contribution in [0.25, 0.3) is 17.1 Å². The van der Waals surface area contributed by atoms with Crippen LogP contribution in [0.2, 0.25) is 0 Å². The minimum Gasteiger partial charge on any atom is -0.493 e. The molecule has 0 unspecified atom stereocenters. The molecule has 12 heteroatoms. The summed E-state index contributed by atoms with van der Waals surface area (Å²) >= 11 is 1.51. The van der Waals surface area contributed by atoms with Crippen molar-refractivity contribution < 1.29 is 33.2 Å². The smallest absolute Gasteiger partial charge is 0.255 e. The van der Waals surface area contributed by atoms with Crippen molar-refractivity contribution in [3.63, 3.8) is 0 Å². The third kappa shape index (κ3) is 6.81. The Balaban J connectivity index is 1.39. The van der Waals surface area contributed by atoms with Crippen molar-refractivity contribution in [3.05, 3.63) is 90.0 Å². The van der Waals surface area contributed by atoms with Crippen molar-refractivity contribution in [3.8, 4) is 51.6 Å². The minimum absolute atomic E-state index is 0.237. The summed E-state index contributed by atoms with van der Waals surface area (Å²) in [5, 5.41) is 12.7. The highest BCUT2D eigenvalue weighted by Gasteiger charge is 2.20. The van der Waals surface area contributed by atoms with E-state index in [1.807, 2.05) is 53.1 Å². The molecule has 0 bridgehead atoms. The number of hydrogen-bond acceptors (Lipinski definition) is 10. The molecule has 0 saturated heterocycles. The molecule has 11 nitrogen and oxygen atoms in total. The van der Waals surface area contributed by atoms with Gasteiger partial charge in [0.2, 0.25) is 0 Å². The summed E-state index contributed by atoms with van der Waals surface area (Å²) in [4.78, 5) is 12.9. The van der Waals surface area contributed by atoms with E-state index in [9.17, 15) is 4.79 Å². The number of rotatable bonds is 13. The Kier molecular flexibility index (Phi) is 10.2. The fourth-order valence-corrected chi connectivity index (χ4v) is 5.65. The number of carbonyl (C=O) groups excluding carboxylic acids is 1. The lowest BCUT2D eigenvalue weighted by molar-refractivity contribution is 0.102. The van der Waals surface area contributed by atoms with Crippen LogP contribution in [0.5, 0.6) is 34.5 Å². The van der Waals surface area contributed by atoms with Crippen molar-refractivity contribution in [1.29, 1.82) is 0 Å². The van der Waals surface area contributed by atoms with Crippen LogP contribution in [-0.2, 0) is 5.75 Å². The van der Waals surface area contributed by atoms with Crippen molar-refractivity contribution in [1.82, 2.24) is 14.8 Å². The van der Waals surface area contributed by atoms with E-state index < -0.39 is 0 Å². The van der Waals surface area contributed by atoms with Gasteiger partial charge in [0.25, 0.3) is 5.91 Å². The Hall–Kier alpha value is -5.36. The molecule has 0 aliphatic carbocycles. The summed E-state index contributed by atoms with van der Waals surface area (Å²) in [5.74, 6) is 4.43. The van der Waals surface area contributed by atoms with E-state index in [1.165, 1.54) is 11.8 Å². The normalized spacial score (nSPS) is 10.7. The fraction of sp³-hybridized carbons (Fsp3) is 0.206. The van der Waals surface area contributed by atoms with E-state index in [4.69, 9.17) is 28.4 Å². The summed E-state index contributed by atoms with van der Waals surface area (Å²) < 4.78 is 34.6. The number of carbonyl (C=O) groups is 1. The second-order valence-corrected chi connectivity index (χ2v) is 10.7. The summed E-state index contributed by atoms with van der Waals surface area (Å²) in [5.41, 5.74) is 3.70. The Morgan fingerprint density at radius 3 is 1.85 bits per heavy atom. The number of benzene rings is 4. The molecule has 46 heavy (non-hydrogen) atoms. The molecule has 0 aliphatic rings. The first-order valence-corrected chi connectivity index (χ1v) is 15.1. The zero-order valence-electron chi connectivity index (χ0n) is 26.3. The highest BCUT2D eigenvalue weighted by atomic mass is 32.2. The highest BCUT2D eigenvalue weighted by molar-refractivity contribution is 7.98. The van der Waals surface area contributed by atoms with Crippen LogP contribution in [0, 0.1) is 0 Å². The van der Waals surface area contributed by atoms with Gasteiger partial charge in [-0.2, -0.15) is 0 Å². The number of hydrogen-bond donors (Lipinski definition) is 1. The van der Waals surface area contributed by atoms with E-state index in [1.54, 1.807) is 73.0 Å². The van der Waals surface area contributed by atoms with Gasteiger partial charge in [0.1, 0.15) is 0 Å². The van der Waals surface area contributed by atoms with Crippen molar-refractivity contribution in [2.24, 2.45) is 0 Å². The van der Waals surface area contributed by atoms with Crippen LogP contribution < -0.4 is 33.7 Å². The van der Waals surface area contributed by atoms with Crippen molar-refractivity contribution in [2.75, 3.05) is 48.0 Å². The first-order valence-electron chi connectivity index (χ1n) is 14.1. The first-order chi connectivity index (χ1) is 22.4. The molecule has 0 aliphatic heterocycles. The largest absolute Gasteiger partial charge is 0.493 e. The van der Waals surface area contributed by atoms with E-state index in [0.29, 0.717) is 62.5 Å². The van der Waals surface area contributed by atoms with E-state index in [-0.39, 0.29) is 5.91 Å². The van der Waals surface area contributed by atoms with Gasteiger partial charge in [0, 0.05) is 34.7 Å². The number of ether oxygens (including phenoxy) is 6. The average Bonchev–Trinajstić information content (AvgIpc) is 3.54. The Morgan fingerprint density at radius 1 is 0.652 bits per heavy atom. The van der Waals surface area contributed by atoms with Crippen LogP contribution in [0.1, 0.15) is 15.9 Å². The van der Waals surface area contributed by atoms with Crippen LogP contribution in [0.15, 0.2) is 84.0 Å². The molecule has 0 radical (unpaired) electrons. The van der Waals surface area contributed by atoms with Crippen LogP contribution in [0.4, 0.5) is 5.69 Å². The van der Waals surface area contributed by atoms with Gasteiger partial charge in [-0.25, -0.2) is 0 Å². The molecule has 1 aromatic heterocycles. The number of thioether (sulfide) groups is 1. The van der Waals surface area contributed by atoms with E-state index >= 15 is 0 Å². The van der Waals surface area contributed by atoms with Crippen LogP contribution >= 0.6 is 11.8 Å². The lowest BCUT2D eigenvalue weighted by Gasteiger charge is -2.14. The Bertz CT molecular complexity index is 1830. The molecule has 0 saturated carbocycles. The van der Waals surface area contributed by atoms with Crippen molar-refractivity contribution in [2.45, 2.75) is 10.9 Å². The molecular formula is C34H34N4O7S. The van der Waals surface area contributed by atoms with Gasteiger partial charge in [-0.15, -0.1) is 10.2 Å². The van der Waals surface area contributed by atoms with Gasteiger partial charge in [-0.1, -0.05) is 23.9 Å². The number of anilines is 1. The van der Waals surface area contributed by atoms with Crippen LogP contribution in [-0.4, -0.2) is 63.3 Å². The predicted molar refractivity (Wildman–Crippen MR) is 177 cm³/mol. The second-order valence-electron chi connectivity index (χ2n) is 9.76. The summed E-state index contributed by atoms with van der Waals surface area (Å²) in [7, 11) is 9.48. The number of nitrogens with one attached hydrogen (secondary N) is 1. The SMILES string of the molecule is COc1ccc(NC(=O)c2ccc(CSc3nnc(-c4ccc(OC)c(OC)c4)n3-c3ccc(OC)c(OC)c3)cc2)cc1OC. The minimum atomic E-state index is -0.237. The summed E-state index contributed by atoms with van der Waals surface area (Å²) in [6, 6.07) is 23.9. The van der Waals surface area contributed by atoms with Gasteiger partial charge >= 0.3 is 0 Å². The van der Waals surface area contributed by atoms with Gasteiger partial charge < -0.3 is 33.7 Å². The van der Waals surface area contributed by atoms with Crippen LogP contribution in [0.3, 0.4) is 0 Å². The lowest BCUT2D eigenvalue weighted by Crippen LogP contribution is -2.12. The van der Waals surface area contributed by atoms with Gasteiger partial charge in [-0.3, -0.25) is 9.36 Å². The fourth-order valence-electron chi connectivity index (χ4n) is 4.74. The van der Waals surface area contributed by atoms with Gasteiger partial charge in [-0.05, 0) is 60.2 Å². The molecule has 0 spiro atoms. The summed E-state index contributed by atoms with van der Waals surface area (Å²) in [6.45, 7) is 0.